The van der Waals surface area contributed by atoms with Crippen molar-refractivity contribution in [3.05, 3.63) is 29.8 Å². The molecule has 2 rings (SSSR count). The zero-order valence-electron chi connectivity index (χ0n) is 8.25. The number of hydrogen-bond donors (Lipinski definition) is 2. The lowest BCUT2D eigenvalue weighted by Crippen LogP contribution is -2.11. The largest absolute Gasteiger partial charge is 0.314 e. The van der Waals surface area contributed by atoms with Crippen molar-refractivity contribution < 1.29 is 5.21 Å². The van der Waals surface area contributed by atoms with Crippen LogP contribution in [-0.4, -0.2) is 37.9 Å². The molecular weight excluding hydrogens is 194 g/mol. The molecule has 0 radical (unpaired) electrons. The summed E-state index contributed by atoms with van der Waals surface area (Å²) in [6, 6.07) is 7.63. The Morgan fingerprint density at radius 2 is 2.33 bits per heavy atom. The molecule has 0 aliphatic heterocycles. The van der Waals surface area contributed by atoms with Crippen LogP contribution in [0.1, 0.15) is 5.56 Å². The molecule has 1 heterocycles. The molecule has 0 saturated heterocycles. The van der Waals surface area contributed by atoms with Crippen LogP contribution in [0, 0.1) is 0 Å². The van der Waals surface area contributed by atoms with Crippen LogP contribution in [0.2, 0.25) is 0 Å². The molecule has 0 fully saturated rings. The molecule has 6 nitrogen and oxygen atoms in total. The normalized spacial score (nSPS) is 10.9. The van der Waals surface area contributed by atoms with E-state index >= 15 is 0 Å². The molecule has 0 aliphatic carbocycles. The van der Waals surface area contributed by atoms with Crippen molar-refractivity contribution in [2.45, 2.75) is 6.54 Å². The Labute approximate surface area is 86.5 Å². The molecule has 0 amide bonds. The summed E-state index contributed by atoms with van der Waals surface area (Å²) in [5.74, 6) is 0.553. The second-order valence-electron chi connectivity index (χ2n) is 3.25. The van der Waals surface area contributed by atoms with Crippen LogP contribution in [0.4, 0.5) is 0 Å². The number of aromatic nitrogens is 4. The van der Waals surface area contributed by atoms with Crippen LogP contribution in [0.15, 0.2) is 24.3 Å². The molecule has 78 valence electrons. The maximum atomic E-state index is 9.11. The first kappa shape index (κ1) is 9.75. The van der Waals surface area contributed by atoms with Gasteiger partial charge in [-0.2, -0.15) is 10.3 Å². The summed E-state index contributed by atoms with van der Waals surface area (Å²) in [5, 5.41) is 23.9. The average molecular weight is 205 g/mol. The van der Waals surface area contributed by atoms with Crippen molar-refractivity contribution >= 4 is 0 Å². The van der Waals surface area contributed by atoms with Crippen LogP contribution in [0.25, 0.3) is 11.4 Å². The lowest BCUT2D eigenvalue weighted by atomic mass is 10.1. The fraction of sp³-hybridized carbons (Fsp3) is 0.222. The van der Waals surface area contributed by atoms with E-state index in [1.807, 2.05) is 24.3 Å². The molecule has 15 heavy (non-hydrogen) atoms. The van der Waals surface area contributed by atoms with Gasteiger partial charge in [-0.25, -0.2) is 0 Å². The van der Waals surface area contributed by atoms with Gasteiger partial charge in [-0.05, 0) is 16.8 Å². The van der Waals surface area contributed by atoms with Gasteiger partial charge in [0, 0.05) is 19.2 Å². The zero-order valence-corrected chi connectivity index (χ0v) is 8.25. The zero-order chi connectivity index (χ0) is 10.7. The average Bonchev–Trinajstić information content (AvgIpc) is 2.69. The number of tetrazole rings is 1. The molecule has 2 aromatic rings. The maximum absolute atomic E-state index is 9.11. The van der Waals surface area contributed by atoms with Crippen molar-refractivity contribution in [1.29, 1.82) is 0 Å². The number of benzene rings is 1. The number of nitrogens with zero attached hydrogens (tertiary/aromatic N) is 4. The highest BCUT2D eigenvalue weighted by atomic mass is 16.5. The fourth-order valence-corrected chi connectivity index (χ4v) is 1.36. The lowest BCUT2D eigenvalue weighted by molar-refractivity contribution is -0.0731. The van der Waals surface area contributed by atoms with E-state index in [2.05, 4.69) is 20.6 Å². The topological polar surface area (TPSA) is 77.9 Å². The first-order valence-electron chi connectivity index (χ1n) is 4.48. The van der Waals surface area contributed by atoms with Gasteiger partial charge in [-0.3, -0.25) is 0 Å². The Bertz CT molecular complexity index is 426. The summed E-state index contributed by atoms with van der Waals surface area (Å²) in [4.78, 5) is 0. The number of H-pyrrole nitrogens is 1. The Hall–Kier alpha value is -1.79. The minimum Gasteiger partial charge on any atom is -0.314 e. The third kappa shape index (κ3) is 2.36. The number of aromatic amines is 1. The molecule has 1 aromatic carbocycles. The molecule has 0 aliphatic rings. The smallest absolute Gasteiger partial charge is 0.204 e. The quantitative estimate of drug-likeness (QED) is 0.721. The minimum absolute atomic E-state index is 0.464. The van der Waals surface area contributed by atoms with Gasteiger partial charge in [0.25, 0.3) is 0 Å². The minimum atomic E-state index is 0.464. The van der Waals surface area contributed by atoms with Gasteiger partial charge >= 0.3 is 0 Å². The predicted molar refractivity (Wildman–Crippen MR) is 52.9 cm³/mol. The predicted octanol–water partition coefficient (Wildman–Crippen LogP) is 0.688. The summed E-state index contributed by atoms with van der Waals surface area (Å²) in [6.07, 6.45) is 0. The van der Waals surface area contributed by atoms with Gasteiger partial charge in [0.15, 0.2) is 0 Å². The molecular formula is C9H11N5O. The van der Waals surface area contributed by atoms with Gasteiger partial charge in [0.05, 0.1) is 0 Å². The molecule has 0 atom stereocenters. The molecule has 2 N–H and O–H groups in total. The third-order valence-corrected chi connectivity index (χ3v) is 1.94. The monoisotopic (exact) mass is 205 g/mol. The van der Waals surface area contributed by atoms with Gasteiger partial charge < -0.3 is 5.21 Å². The van der Waals surface area contributed by atoms with Crippen molar-refractivity contribution in [1.82, 2.24) is 25.7 Å². The van der Waals surface area contributed by atoms with E-state index in [1.165, 1.54) is 0 Å². The van der Waals surface area contributed by atoms with Crippen molar-refractivity contribution in [2.75, 3.05) is 7.05 Å². The number of hydroxylamine groups is 2. The van der Waals surface area contributed by atoms with Crippen LogP contribution < -0.4 is 0 Å². The van der Waals surface area contributed by atoms with E-state index in [0.717, 1.165) is 16.2 Å². The number of nitrogens with one attached hydrogen (secondary N) is 1. The van der Waals surface area contributed by atoms with E-state index in [9.17, 15) is 0 Å². The number of hydrogen-bond acceptors (Lipinski definition) is 5. The standard InChI is InChI=1S/C9H11N5O/c1-14(15)6-7-3-2-4-8(5-7)9-10-12-13-11-9/h2-5,15H,6H2,1H3,(H,10,11,12,13). The van der Waals surface area contributed by atoms with E-state index in [0.29, 0.717) is 12.4 Å². The van der Waals surface area contributed by atoms with Gasteiger partial charge in [-0.1, -0.05) is 18.2 Å². The summed E-state index contributed by atoms with van der Waals surface area (Å²) >= 11 is 0. The molecule has 0 bridgehead atoms. The first-order chi connectivity index (χ1) is 7.25. The Kier molecular flexibility index (Phi) is 2.70. The Balaban J connectivity index is 2.27. The third-order valence-electron chi connectivity index (χ3n) is 1.94. The van der Waals surface area contributed by atoms with Gasteiger partial charge in [0.2, 0.25) is 5.82 Å². The second-order valence-corrected chi connectivity index (χ2v) is 3.25. The van der Waals surface area contributed by atoms with E-state index in [1.54, 1.807) is 7.05 Å². The Morgan fingerprint density at radius 3 is 3.00 bits per heavy atom. The summed E-state index contributed by atoms with van der Waals surface area (Å²) in [6.45, 7) is 0.464. The Morgan fingerprint density at radius 1 is 1.47 bits per heavy atom. The van der Waals surface area contributed by atoms with E-state index in [-0.39, 0.29) is 0 Å². The highest BCUT2D eigenvalue weighted by Gasteiger charge is 2.04. The van der Waals surface area contributed by atoms with Crippen LogP contribution >= 0.6 is 0 Å². The summed E-state index contributed by atoms with van der Waals surface area (Å²) in [5.41, 5.74) is 1.87. The summed E-state index contributed by atoms with van der Waals surface area (Å²) < 4.78 is 0. The highest BCUT2D eigenvalue weighted by molar-refractivity contribution is 5.54. The molecule has 0 unspecified atom stereocenters. The molecule has 0 saturated carbocycles. The van der Waals surface area contributed by atoms with Crippen molar-refractivity contribution in [3.63, 3.8) is 0 Å². The second kappa shape index (κ2) is 4.16. The SMILES string of the molecule is CN(O)Cc1cccc(-c2nn[nH]n2)c1. The highest BCUT2D eigenvalue weighted by Crippen LogP contribution is 2.15. The molecule has 0 spiro atoms. The van der Waals surface area contributed by atoms with Crippen LogP contribution in [0.3, 0.4) is 0 Å². The van der Waals surface area contributed by atoms with Crippen molar-refractivity contribution in [3.8, 4) is 11.4 Å². The lowest BCUT2D eigenvalue weighted by Gasteiger charge is -2.08. The fourth-order valence-electron chi connectivity index (χ4n) is 1.36. The van der Waals surface area contributed by atoms with Crippen LogP contribution in [0.5, 0.6) is 0 Å². The van der Waals surface area contributed by atoms with Gasteiger partial charge in [-0.15, -0.1) is 10.2 Å². The van der Waals surface area contributed by atoms with E-state index < -0.39 is 0 Å². The molecule has 1 aromatic heterocycles. The van der Waals surface area contributed by atoms with E-state index in [4.69, 9.17) is 5.21 Å². The maximum Gasteiger partial charge on any atom is 0.204 e. The number of rotatable bonds is 3. The van der Waals surface area contributed by atoms with Crippen molar-refractivity contribution in [2.24, 2.45) is 0 Å². The van der Waals surface area contributed by atoms with Crippen LogP contribution in [-0.2, 0) is 6.54 Å². The summed E-state index contributed by atoms with van der Waals surface area (Å²) in [7, 11) is 1.60. The molecule has 6 heteroatoms. The first-order valence-corrected chi connectivity index (χ1v) is 4.48. The van der Waals surface area contributed by atoms with Gasteiger partial charge in [0.1, 0.15) is 0 Å².